The quantitative estimate of drug-likeness (QED) is 0.729. The van der Waals surface area contributed by atoms with Crippen molar-refractivity contribution in [2.24, 2.45) is 0 Å². The van der Waals surface area contributed by atoms with Crippen molar-refractivity contribution in [3.8, 4) is 5.75 Å². The molecule has 0 amide bonds. The van der Waals surface area contributed by atoms with Gasteiger partial charge in [0.05, 0.1) is 16.1 Å². The third kappa shape index (κ3) is 4.26. The summed E-state index contributed by atoms with van der Waals surface area (Å²) < 4.78 is 19.1. The average Bonchev–Trinajstić information content (AvgIpc) is 2.43. The number of para-hydroxylation sites is 1. The van der Waals surface area contributed by atoms with Crippen LogP contribution in [0.4, 0.5) is 10.1 Å². The molecule has 0 radical (unpaired) electrons. The van der Waals surface area contributed by atoms with E-state index in [1.54, 1.807) is 0 Å². The van der Waals surface area contributed by atoms with Gasteiger partial charge in [-0.1, -0.05) is 41.4 Å². The maximum absolute atomic E-state index is 13.4. The normalized spacial score (nSPS) is 10.8. The molecular weight excluding hydrogens is 312 g/mol. The van der Waals surface area contributed by atoms with Crippen molar-refractivity contribution >= 4 is 28.9 Å². The van der Waals surface area contributed by atoms with Crippen LogP contribution < -0.4 is 10.1 Å². The molecule has 0 unspecified atom stereocenters. The Morgan fingerprint density at radius 3 is 2.38 bits per heavy atom. The molecule has 0 atom stereocenters. The predicted octanol–water partition coefficient (Wildman–Crippen LogP) is 5.53. The SMILES string of the molecule is CC(C)Oc1ccccc1CNc1cc(Cl)c(F)c(Cl)c1. The molecule has 0 aromatic heterocycles. The number of hydrogen-bond acceptors (Lipinski definition) is 2. The Kier molecular flexibility index (Phi) is 5.32. The highest BCUT2D eigenvalue weighted by atomic mass is 35.5. The molecule has 1 N–H and O–H groups in total. The Hall–Kier alpha value is -1.45. The van der Waals surface area contributed by atoms with Crippen LogP contribution in [0.5, 0.6) is 5.75 Å². The molecule has 2 aromatic carbocycles. The van der Waals surface area contributed by atoms with Gasteiger partial charge in [-0.3, -0.25) is 0 Å². The van der Waals surface area contributed by atoms with Gasteiger partial charge in [-0.25, -0.2) is 4.39 Å². The Bertz CT molecular complexity index is 608. The topological polar surface area (TPSA) is 21.3 Å². The molecule has 0 saturated heterocycles. The van der Waals surface area contributed by atoms with Crippen molar-refractivity contribution in [2.75, 3.05) is 5.32 Å². The van der Waals surface area contributed by atoms with E-state index < -0.39 is 5.82 Å². The lowest BCUT2D eigenvalue weighted by Crippen LogP contribution is -2.09. The van der Waals surface area contributed by atoms with Crippen LogP contribution in [0.2, 0.25) is 10.0 Å². The highest BCUT2D eigenvalue weighted by Gasteiger charge is 2.09. The zero-order chi connectivity index (χ0) is 15.4. The third-order valence-electron chi connectivity index (χ3n) is 2.80. The molecule has 0 saturated carbocycles. The average molecular weight is 328 g/mol. The van der Waals surface area contributed by atoms with Gasteiger partial charge < -0.3 is 10.1 Å². The van der Waals surface area contributed by atoms with E-state index in [1.807, 2.05) is 38.1 Å². The fourth-order valence-electron chi connectivity index (χ4n) is 1.87. The van der Waals surface area contributed by atoms with Gasteiger partial charge in [-0.15, -0.1) is 0 Å². The number of rotatable bonds is 5. The number of halogens is 3. The van der Waals surface area contributed by atoms with E-state index in [-0.39, 0.29) is 16.1 Å². The van der Waals surface area contributed by atoms with Crippen LogP contribution in [0.25, 0.3) is 0 Å². The van der Waals surface area contributed by atoms with Gasteiger partial charge in [0.15, 0.2) is 5.82 Å². The second-order valence-corrected chi connectivity index (χ2v) is 5.70. The molecule has 0 fully saturated rings. The number of nitrogens with one attached hydrogen (secondary N) is 1. The zero-order valence-corrected chi connectivity index (χ0v) is 13.3. The van der Waals surface area contributed by atoms with Gasteiger partial charge >= 0.3 is 0 Å². The summed E-state index contributed by atoms with van der Waals surface area (Å²) in [5, 5.41) is 3.16. The summed E-state index contributed by atoms with van der Waals surface area (Å²) in [4.78, 5) is 0. The molecule has 5 heteroatoms. The summed E-state index contributed by atoms with van der Waals surface area (Å²) in [5.74, 6) is 0.215. The minimum atomic E-state index is -0.604. The van der Waals surface area contributed by atoms with Gasteiger partial charge in [0.25, 0.3) is 0 Å². The van der Waals surface area contributed by atoms with E-state index in [9.17, 15) is 4.39 Å². The molecule has 0 spiro atoms. The maximum Gasteiger partial charge on any atom is 0.160 e. The van der Waals surface area contributed by atoms with Crippen molar-refractivity contribution < 1.29 is 9.13 Å². The first-order valence-corrected chi connectivity index (χ1v) is 7.36. The monoisotopic (exact) mass is 327 g/mol. The smallest absolute Gasteiger partial charge is 0.160 e. The van der Waals surface area contributed by atoms with Crippen LogP contribution in [0.3, 0.4) is 0 Å². The van der Waals surface area contributed by atoms with Crippen LogP contribution in [-0.4, -0.2) is 6.10 Å². The fourth-order valence-corrected chi connectivity index (χ4v) is 2.36. The lowest BCUT2D eigenvalue weighted by molar-refractivity contribution is 0.240. The Morgan fingerprint density at radius 2 is 1.76 bits per heavy atom. The van der Waals surface area contributed by atoms with Crippen molar-refractivity contribution in [3.63, 3.8) is 0 Å². The van der Waals surface area contributed by atoms with Crippen LogP contribution >= 0.6 is 23.2 Å². The van der Waals surface area contributed by atoms with Crippen molar-refractivity contribution in [1.29, 1.82) is 0 Å². The summed E-state index contributed by atoms with van der Waals surface area (Å²) >= 11 is 11.6. The van der Waals surface area contributed by atoms with E-state index >= 15 is 0 Å². The summed E-state index contributed by atoms with van der Waals surface area (Å²) in [6.07, 6.45) is 0.0980. The number of anilines is 1. The number of hydrogen-bond donors (Lipinski definition) is 1. The lowest BCUT2D eigenvalue weighted by Gasteiger charge is -2.15. The van der Waals surface area contributed by atoms with Crippen LogP contribution in [0, 0.1) is 5.82 Å². The van der Waals surface area contributed by atoms with Crippen LogP contribution in [0.1, 0.15) is 19.4 Å². The van der Waals surface area contributed by atoms with Gasteiger partial charge in [0.2, 0.25) is 0 Å². The van der Waals surface area contributed by atoms with Crippen molar-refractivity contribution in [1.82, 2.24) is 0 Å². The predicted molar refractivity (Wildman–Crippen MR) is 86.0 cm³/mol. The summed E-state index contributed by atoms with van der Waals surface area (Å²) in [7, 11) is 0. The minimum absolute atomic E-state index is 0.00304. The zero-order valence-electron chi connectivity index (χ0n) is 11.8. The van der Waals surface area contributed by atoms with Crippen LogP contribution in [-0.2, 0) is 6.54 Å². The third-order valence-corrected chi connectivity index (χ3v) is 3.35. The molecule has 0 aliphatic rings. The Labute approximate surface area is 133 Å². The highest BCUT2D eigenvalue weighted by molar-refractivity contribution is 6.35. The van der Waals surface area contributed by atoms with E-state index in [0.717, 1.165) is 11.3 Å². The van der Waals surface area contributed by atoms with E-state index in [1.165, 1.54) is 12.1 Å². The fraction of sp³-hybridized carbons (Fsp3) is 0.250. The molecule has 2 aromatic rings. The molecule has 2 rings (SSSR count). The first-order valence-electron chi connectivity index (χ1n) is 6.60. The highest BCUT2D eigenvalue weighted by Crippen LogP contribution is 2.28. The Morgan fingerprint density at radius 1 is 1.14 bits per heavy atom. The molecule has 112 valence electrons. The molecule has 0 heterocycles. The number of benzene rings is 2. The van der Waals surface area contributed by atoms with E-state index in [4.69, 9.17) is 27.9 Å². The van der Waals surface area contributed by atoms with Crippen molar-refractivity contribution in [2.45, 2.75) is 26.5 Å². The summed E-state index contributed by atoms with van der Waals surface area (Å²) in [6, 6.07) is 10.8. The van der Waals surface area contributed by atoms with Gasteiger partial charge in [0, 0.05) is 17.8 Å². The second-order valence-electron chi connectivity index (χ2n) is 4.88. The molecule has 0 aliphatic carbocycles. The van der Waals surface area contributed by atoms with E-state index in [0.29, 0.717) is 12.2 Å². The standard InChI is InChI=1S/C16H16Cl2FNO/c1-10(2)21-15-6-4-3-5-11(15)9-20-12-7-13(17)16(19)14(18)8-12/h3-8,10,20H,9H2,1-2H3. The van der Waals surface area contributed by atoms with Crippen molar-refractivity contribution in [3.05, 3.63) is 57.8 Å². The van der Waals surface area contributed by atoms with Gasteiger partial charge in [-0.05, 0) is 32.0 Å². The minimum Gasteiger partial charge on any atom is -0.491 e. The molecular formula is C16H16Cl2FNO. The summed E-state index contributed by atoms with van der Waals surface area (Å²) in [6.45, 7) is 4.48. The largest absolute Gasteiger partial charge is 0.491 e. The number of ether oxygens (including phenoxy) is 1. The first-order chi connectivity index (χ1) is 9.97. The summed E-state index contributed by atoms with van der Waals surface area (Å²) in [5.41, 5.74) is 1.66. The van der Waals surface area contributed by atoms with Crippen LogP contribution in [0.15, 0.2) is 36.4 Å². The van der Waals surface area contributed by atoms with Gasteiger partial charge in [-0.2, -0.15) is 0 Å². The molecule has 21 heavy (non-hydrogen) atoms. The molecule has 2 nitrogen and oxygen atoms in total. The van der Waals surface area contributed by atoms with E-state index in [2.05, 4.69) is 5.32 Å². The maximum atomic E-state index is 13.4. The second kappa shape index (κ2) is 7.01. The lowest BCUT2D eigenvalue weighted by atomic mass is 10.2. The Balaban J connectivity index is 2.13. The van der Waals surface area contributed by atoms with Gasteiger partial charge in [0.1, 0.15) is 5.75 Å². The molecule has 0 bridgehead atoms. The molecule has 0 aliphatic heterocycles. The first kappa shape index (κ1) is 15.9.